The minimum Gasteiger partial charge on any atom is -0.454 e. The fraction of sp³-hybridized carbons (Fsp3) is 0.167. The van der Waals surface area contributed by atoms with Crippen molar-refractivity contribution in [3.8, 4) is 11.5 Å². The highest BCUT2D eigenvalue weighted by Crippen LogP contribution is 2.33. The molecule has 0 aliphatic carbocycles. The topological polar surface area (TPSA) is 67.9 Å². The number of fused-ring (bicyclic) bond motifs is 2. The summed E-state index contributed by atoms with van der Waals surface area (Å²) in [5, 5.41) is 2.94. The molecule has 0 saturated carbocycles. The minimum atomic E-state index is -0.221. The molecule has 0 unspecified atom stereocenters. The molecular weight excluding hydrogens is 380 g/mol. The van der Waals surface area contributed by atoms with Crippen molar-refractivity contribution < 1.29 is 19.1 Å². The lowest BCUT2D eigenvalue weighted by molar-refractivity contribution is 0.0734. The molecule has 1 N–H and O–H groups in total. The number of ether oxygens (including phenoxy) is 2. The zero-order chi connectivity index (χ0) is 20.5. The summed E-state index contributed by atoms with van der Waals surface area (Å²) in [5.74, 6) is 1.02. The van der Waals surface area contributed by atoms with Crippen molar-refractivity contribution in [1.82, 2.24) is 4.90 Å². The number of nitrogens with one attached hydrogen (secondary N) is 1. The highest BCUT2D eigenvalue weighted by molar-refractivity contribution is 6.04. The molecule has 0 spiro atoms. The Balaban J connectivity index is 1.32. The Morgan fingerprint density at radius 3 is 2.53 bits per heavy atom. The Kier molecular flexibility index (Phi) is 4.59. The Bertz CT molecular complexity index is 1130. The van der Waals surface area contributed by atoms with E-state index in [1.165, 1.54) is 5.56 Å². The normalized spacial score (nSPS) is 14.2. The molecule has 0 aromatic heterocycles. The second kappa shape index (κ2) is 7.55. The van der Waals surface area contributed by atoms with E-state index in [1.54, 1.807) is 18.2 Å². The van der Waals surface area contributed by atoms with E-state index in [-0.39, 0.29) is 18.6 Å². The van der Waals surface area contributed by atoms with Gasteiger partial charge in [-0.3, -0.25) is 9.59 Å². The molecule has 0 saturated heterocycles. The molecule has 6 heteroatoms. The van der Waals surface area contributed by atoms with Gasteiger partial charge in [0.05, 0.1) is 0 Å². The summed E-state index contributed by atoms with van der Waals surface area (Å²) in [6.45, 7) is 1.38. The summed E-state index contributed by atoms with van der Waals surface area (Å²) in [6.07, 6.45) is 0.796. The Morgan fingerprint density at radius 2 is 1.67 bits per heavy atom. The van der Waals surface area contributed by atoms with Gasteiger partial charge in [-0.15, -0.1) is 0 Å². The zero-order valence-electron chi connectivity index (χ0n) is 16.3. The Hall–Kier alpha value is -3.80. The minimum absolute atomic E-state index is 0.0241. The number of rotatable bonds is 3. The molecular formula is C24H20N2O4. The van der Waals surface area contributed by atoms with Crippen LogP contribution in [0.15, 0.2) is 66.7 Å². The van der Waals surface area contributed by atoms with Gasteiger partial charge < -0.3 is 19.7 Å². The van der Waals surface area contributed by atoms with Gasteiger partial charge in [0, 0.05) is 29.9 Å². The van der Waals surface area contributed by atoms with Crippen LogP contribution >= 0.6 is 0 Å². The molecule has 30 heavy (non-hydrogen) atoms. The van der Waals surface area contributed by atoms with Crippen LogP contribution in [0.4, 0.5) is 5.69 Å². The Labute approximate surface area is 174 Å². The average molecular weight is 400 g/mol. The van der Waals surface area contributed by atoms with Crippen LogP contribution in [-0.2, 0) is 13.0 Å². The van der Waals surface area contributed by atoms with E-state index >= 15 is 0 Å². The van der Waals surface area contributed by atoms with Gasteiger partial charge in [-0.25, -0.2) is 0 Å². The molecule has 2 aliphatic heterocycles. The van der Waals surface area contributed by atoms with Crippen molar-refractivity contribution in [1.29, 1.82) is 0 Å². The van der Waals surface area contributed by atoms with Crippen molar-refractivity contribution >= 4 is 17.5 Å². The smallest absolute Gasteiger partial charge is 0.255 e. The lowest BCUT2D eigenvalue weighted by Crippen LogP contribution is -2.36. The molecule has 2 amide bonds. The van der Waals surface area contributed by atoms with Crippen LogP contribution in [0.1, 0.15) is 31.8 Å². The lowest BCUT2D eigenvalue weighted by Gasteiger charge is -2.29. The van der Waals surface area contributed by atoms with Gasteiger partial charge in [0.1, 0.15) is 0 Å². The van der Waals surface area contributed by atoms with Gasteiger partial charge >= 0.3 is 0 Å². The molecule has 6 nitrogen and oxygen atoms in total. The van der Waals surface area contributed by atoms with Crippen molar-refractivity contribution in [2.24, 2.45) is 0 Å². The molecule has 0 atom stereocenters. The van der Waals surface area contributed by atoms with E-state index < -0.39 is 0 Å². The predicted molar refractivity (Wildman–Crippen MR) is 112 cm³/mol. The average Bonchev–Trinajstić information content (AvgIpc) is 3.26. The first-order valence-electron chi connectivity index (χ1n) is 9.84. The Morgan fingerprint density at radius 1 is 0.833 bits per heavy atom. The monoisotopic (exact) mass is 400 g/mol. The van der Waals surface area contributed by atoms with E-state index in [0.717, 1.165) is 12.0 Å². The molecule has 3 aromatic rings. The lowest BCUT2D eigenvalue weighted by atomic mass is 9.98. The van der Waals surface area contributed by atoms with Crippen molar-refractivity contribution in [2.45, 2.75) is 13.0 Å². The predicted octanol–water partition coefficient (Wildman–Crippen LogP) is 3.87. The largest absolute Gasteiger partial charge is 0.454 e. The molecule has 150 valence electrons. The second-order valence-electron chi connectivity index (χ2n) is 7.35. The van der Waals surface area contributed by atoms with E-state index in [9.17, 15) is 9.59 Å². The van der Waals surface area contributed by atoms with Crippen LogP contribution in [0.2, 0.25) is 0 Å². The second-order valence-corrected chi connectivity index (χ2v) is 7.35. The van der Waals surface area contributed by atoms with Crippen LogP contribution in [0.25, 0.3) is 0 Å². The summed E-state index contributed by atoms with van der Waals surface area (Å²) in [5.41, 5.74) is 4.14. The number of hydrogen-bond donors (Lipinski definition) is 1. The van der Waals surface area contributed by atoms with Gasteiger partial charge in [-0.1, -0.05) is 24.3 Å². The molecule has 2 heterocycles. The molecule has 0 bridgehead atoms. The van der Waals surface area contributed by atoms with Crippen LogP contribution in [0, 0.1) is 0 Å². The van der Waals surface area contributed by atoms with Gasteiger partial charge in [0.25, 0.3) is 11.8 Å². The fourth-order valence-electron chi connectivity index (χ4n) is 3.81. The van der Waals surface area contributed by atoms with E-state index in [1.807, 2.05) is 53.4 Å². The maximum absolute atomic E-state index is 12.8. The quantitative estimate of drug-likeness (QED) is 0.725. The fourth-order valence-corrected chi connectivity index (χ4v) is 3.81. The number of carbonyl (C=O) groups is 2. The molecule has 3 aromatic carbocycles. The third-order valence-electron chi connectivity index (χ3n) is 5.42. The maximum Gasteiger partial charge on any atom is 0.255 e. The standard InChI is InChI=1S/C24H20N2O4/c27-23(18-7-9-21-22(13-18)30-15-29-21)25-20-8-6-16-10-11-26(14-19(16)12-20)24(28)17-4-2-1-3-5-17/h1-9,12-13H,10-11,14-15H2,(H,25,27). The third kappa shape index (κ3) is 3.48. The highest BCUT2D eigenvalue weighted by Gasteiger charge is 2.22. The van der Waals surface area contributed by atoms with Crippen molar-refractivity contribution in [3.05, 3.63) is 89.0 Å². The van der Waals surface area contributed by atoms with Gasteiger partial charge in [-0.2, -0.15) is 0 Å². The summed E-state index contributed by atoms with van der Waals surface area (Å²) < 4.78 is 10.6. The molecule has 0 fully saturated rings. The van der Waals surface area contributed by atoms with E-state index in [0.29, 0.717) is 41.4 Å². The number of benzene rings is 3. The first kappa shape index (κ1) is 18.2. The first-order chi connectivity index (χ1) is 14.7. The summed E-state index contributed by atoms with van der Waals surface area (Å²) in [6, 6.07) is 20.3. The van der Waals surface area contributed by atoms with Crippen molar-refractivity contribution in [3.63, 3.8) is 0 Å². The number of carbonyl (C=O) groups excluding carboxylic acids is 2. The highest BCUT2D eigenvalue weighted by atomic mass is 16.7. The van der Waals surface area contributed by atoms with Gasteiger partial charge in [0.2, 0.25) is 6.79 Å². The number of anilines is 1. The van der Waals surface area contributed by atoms with Crippen LogP contribution in [0.3, 0.4) is 0 Å². The number of hydrogen-bond acceptors (Lipinski definition) is 4. The summed E-state index contributed by atoms with van der Waals surface area (Å²) in [4.78, 5) is 27.3. The SMILES string of the molecule is O=C(Nc1ccc2c(c1)CN(C(=O)c1ccccc1)CC2)c1ccc2c(c1)OCO2. The van der Waals surface area contributed by atoms with Crippen LogP contribution in [-0.4, -0.2) is 30.1 Å². The molecule has 2 aliphatic rings. The summed E-state index contributed by atoms with van der Waals surface area (Å²) >= 11 is 0. The zero-order valence-corrected chi connectivity index (χ0v) is 16.3. The first-order valence-corrected chi connectivity index (χ1v) is 9.84. The van der Waals surface area contributed by atoms with E-state index in [2.05, 4.69) is 5.32 Å². The van der Waals surface area contributed by atoms with E-state index in [4.69, 9.17) is 9.47 Å². The van der Waals surface area contributed by atoms with Crippen LogP contribution in [0.5, 0.6) is 11.5 Å². The van der Waals surface area contributed by atoms with Crippen LogP contribution < -0.4 is 14.8 Å². The maximum atomic E-state index is 12.8. The number of nitrogens with zero attached hydrogens (tertiary/aromatic N) is 1. The van der Waals surface area contributed by atoms with Crippen molar-refractivity contribution in [2.75, 3.05) is 18.7 Å². The van der Waals surface area contributed by atoms with Gasteiger partial charge in [0.15, 0.2) is 11.5 Å². The van der Waals surface area contributed by atoms with Gasteiger partial charge in [-0.05, 0) is 60.0 Å². The molecule has 0 radical (unpaired) electrons. The summed E-state index contributed by atoms with van der Waals surface area (Å²) in [7, 11) is 0. The molecule has 5 rings (SSSR count). The number of amides is 2. The third-order valence-corrected chi connectivity index (χ3v) is 5.42.